The van der Waals surface area contributed by atoms with Crippen molar-refractivity contribution in [3.05, 3.63) is 0 Å². The first-order valence-electron chi connectivity index (χ1n) is 5.85. The molecule has 0 spiro atoms. The summed E-state index contributed by atoms with van der Waals surface area (Å²) in [4.78, 5) is 11.7. The minimum absolute atomic E-state index is 0.0215. The first-order valence-corrected chi connectivity index (χ1v) is 11.3. The predicted molar refractivity (Wildman–Crippen MR) is 76.9 cm³/mol. The van der Waals surface area contributed by atoms with E-state index in [-0.39, 0.29) is 9.67 Å². The molecule has 1 saturated heterocycles. The third-order valence-corrected chi connectivity index (χ3v) is 12.7. The van der Waals surface area contributed by atoms with Crippen LogP contribution < -0.4 is 0 Å². The van der Waals surface area contributed by atoms with Gasteiger partial charge in [0.25, 0.3) is 0 Å². The fourth-order valence-corrected chi connectivity index (χ4v) is 9.22. The Hall–Kier alpha value is 0.387. The molecule has 94 valence electrons. The Morgan fingerprint density at radius 3 is 2.31 bits per heavy atom. The van der Waals surface area contributed by atoms with Crippen LogP contribution in [0, 0.1) is 0 Å². The number of rotatable bonds is 4. The van der Waals surface area contributed by atoms with Crippen LogP contribution >= 0.6 is 23.5 Å². The minimum Gasteiger partial charge on any atom is -0.466 e. The molecule has 1 aliphatic heterocycles. The topological polar surface area (TPSA) is 26.3 Å². The van der Waals surface area contributed by atoms with E-state index in [2.05, 4.69) is 19.6 Å². The van der Waals surface area contributed by atoms with Crippen LogP contribution in [0.2, 0.25) is 19.6 Å². The van der Waals surface area contributed by atoms with Gasteiger partial charge >= 0.3 is 5.97 Å². The van der Waals surface area contributed by atoms with Crippen molar-refractivity contribution in [2.24, 2.45) is 0 Å². The molecular weight excluding hydrogens is 256 g/mol. The second-order valence-electron chi connectivity index (χ2n) is 5.04. The SMILES string of the molecule is CCOC(=O)CC1([Si](C)(C)C)SCCCS1. The van der Waals surface area contributed by atoms with Gasteiger partial charge in [0.05, 0.1) is 24.8 Å². The molecule has 0 atom stereocenters. The Balaban J connectivity index is 2.75. The highest BCUT2D eigenvalue weighted by molar-refractivity contribution is 8.21. The van der Waals surface area contributed by atoms with Crippen molar-refractivity contribution in [2.75, 3.05) is 18.1 Å². The molecule has 0 aromatic rings. The third-order valence-electron chi connectivity index (χ3n) is 2.78. The molecule has 1 heterocycles. The molecule has 0 aromatic carbocycles. The smallest absolute Gasteiger partial charge is 0.307 e. The summed E-state index contributed by atoms with van der Waals surface area (Å²) in [5.74, 6) is 2.36. The second-order valence-corrected chi connectivity index (χ2v) is 14.2. The van der Waals surface area contributed by atoms with Crippen LogP contribution in [0.3, 0.4) is 0 Å². The Labute approximate surface area is 108 Å². The molecule has 0 radical (unpaired) electrons. The van der Waals surface area contributed by atoms with Crippen molar-refractivity contribution in [3.8, 4) is 0 Å². The molecule has 0 bridgehead atoms. The summed E-state index contributed by atoms with van der Waals surface area (Å²) < 4.78 is 5.26. The van der Waals surface area contributed by atoms with Crippen LogP contribution in [0.25, 0.3) is 0 Å². The summed E-state index contributed by atoms with van der Waals surface area (Å²) in [5, 5.41) is 0. The number of ether oxygens (including phenoxy) is 1. The quantitative estimate of drug-likeness (QED) is 0.582. The molecule has 1 fully saturated rings. The van der Waals surface area contributed by atoms with Gasteiger partial charge in [-0.15, -0.1) is 23.5 Å². The van der Waals surface area contributed by atoms with Crippen LogP contribution in [0.4, 0.5) is 0 Å². The molecule has 0 N–H and O–H groups in total. The predicted octanol–water partition coefficient (Wildman–Crippen LogP) is 3.38. The summed E-state index contributed by atoms with van der Waals surface area (Å²) in [6.45, 7) is 9.45. The van der Waals surface area contributed by atoms with Gasteiger partial charge in [0.2, 0.25) is 0 Å². The second kappa shape index (κ2) is 5.82. The summed E-state index contributed by atoms with van der Waals surface area (Å²) in [6, 6.07) is 0. The van der Waals surface area contributed by atoms with Gasteiger partial charge in [-0.3, -0.25) is 4.79 Å². The van der Waals surface area contributed by atoms with E-state index in [9.17, 15) is 4.79 Å². The highest BCUT2D eigenvalue weighted by Gasteiger charge is 2.47. The maximum Gasteiger partial charge on any atom is 0.307 e. The van der Waals surface area contributed by atoms with Gasteiger partial charge in [0.1, 0.15) is 0 Å². The summed E-state index contributed by atoms with van der Waals surface area (Å²) in [7, 11) is -1.37. The summed E-state index contributed by atoms with van der Waals surface area (Å²) in [5.41, 5.74) is 0. The molecule has 1 rings (SSSR count). The Morgan fingerprint density at radius 2 is 1.88 bits per heavy atom. The van der Waals surface area contributed by atoms with Gasteiger partial charge in [0.15, 0.2) is 0 Å². The van der Waals surface area contributed by atoms with Gasteiger partial charge in [0, 0.05) is 0 Å². The van der Waals surface area contributed by atoms with Crippen LogP contribution in [-0.4, -0.2) is 35.9 Å². The van der Waals surface area contributed by atoms with Crippen LogP contribution in [0.15, 0.2) is 0 Å². The van der Waals surface area contributed by atoms with Crippen molar-refractivity contribution >= 4 is 37.6 Å². The van der Waals surface area contributed by atoms with E-state index in [1.807, 2.05) is 30.4 Å². The number of esters is 1. The molecule has 1 aliphatic rings. The molecule has 5 heteroatoms. The maximum atomic E-state index is 11.7. The molecule has 0 unspecified atom stereocenters. The zero-order valence-electron chi connectivity index (χ0n) is 10.7. The lowest BCUT2D eigenvalue weighted by atomic mass is 10.5. The Bertz CT molecular complexity index is 245. The Morgan fingerprint density at radius 1 is 1.31 bits per heavy atom. The first-order chi connectivity index (χ1) is 7.41. The van der Waals surface area contributed by atoms with E-state index in [1.54, 1.807) is 0 Å². The van der Waals surface area contributed by atoms with Crippen molar-refractivity contribution in [3.63, 3.8) is 0 Å². The molecule has 2 nitrogen and oxygen atoms in total. The lowest BCUT2D eigenvalue weighted by molar-refractivity contribution is -0.142. The monoisotopic (exact) mass is 278 g/mol. The molecule has 0 amide bonds. The summed E-state index contributed by atoms with van der Waals surface area (Å²) >= 11 is 3.99. The van der Waals surface area contributed by atoms with Gasteiger partial charge in [-0.05, 0) is 24.9 Å². The van der Waals surface area contributed by atoms with Gasteiger partial charge in [-0.2, -0.15) is 0 Å². The zero-order chi connectivity index (χ0) is 12.2. The van der Waals surface area contributed by atoms with Crippen LogP contribution in [0.1, 0.15) is 19.8 Å². The van der Waals surface area contributed by atoms with E-state index in [1.165, 1.54) is 17.9 Å². The molecule has 16 heavy (non-hydrogen) atoms. The van der Waals surface area contributed by atoms with E-state index < -0.39 is 8.07 Å². The average molecular weight is 279 g/mol. The van der Waals surface area contributed by atoms with Gasteiger partial charge in [-0.25, -0.2) is 0 Å². The number of carbonyl (C=O) groups excluding carboxylic acids is 1. The number of hydrogen-bond donors (Lipinski definition) is 0. The standard InChI is InChI=1S/C11H22O2S2Si/c1-5-13-10(12)9-11(16(2,3)4)14-7-6-8-15-11/h5-9H2,1-4H3. The number of hydrogen-bond acceptors (Lipinski definition) is 4. The van der Waals surface area contributed by atoms with Crippen LogP contribution in [0.5, 0.6) is 0 Å². The molecule has 0 aliphatic carbocycles. The normalized spacial score (nSPS) is 20.5. The van der Waals surface area contributed by atoms with Crippen molar-refractivity contribution in [1.29, 1.82) is 0 Å². The fourth-order valence-electron chi connectivity index (χ4n) is 1.78. The largest absolute Gasteiger partial charge is 0.466 e. The highest BCUT2D eigenvalue weighted by atomic mass is 32.2. The minimum atomic E-state index is -1.37. The Kier molecular flexibility index (Phi) is 5.26. The highest BCUT2D eigenvalue weighted by Crippen LogP contribution is 2.50. The van der Waals surface area contributed by atoms with Crippen LogP contribution in [-0.2, 0) is 9.53 Å². The van der Waals surface area contributed by atoms with Gasteiger partial charge < -0.3 is 4.74 Å². The van der Waals surface area contributed by atoms with E-state index in [4.69, 9.17) is 4.74 Å². The number of thioether (sulfide) groups is 2. The fraction of sp³-hybridized carbons (Fsp3) is 0.909. The lowest BCUT2D eigenvalue weighted by Gasteiger charge is -2.44. The molecule has 0 aromatic heterocycles. The molecule has 0 saturated carbocycles. The van der Waals surface area contributed by atoms with Gasteiger partial charge in [-0.1, -0.05) is 19.6 Å². The average Bonchev–Trinajstić information content (AvgIpc) is 2.17. The third kappa shape index (κ3) is 3.44. The van der Waals surface area contributed by atoms with Crippen molar-refractivity contribution in [1.82, 2.24) is 0 Å². The van der Waals surface area contributed by atoms with E-state index in [0.29, 0.717) is 13.0 Å². The zero-order valence-corrected chi connectivity index (χ0v) is 13.3. The first kappa shape index (κ1) is 14.4. The van der Waals surface area contributed by atoms with E-state index in [0.717, 1.165) is 0 Å². The maximum absolute atomic E-state index is 11.7. The van der Waals surface area contributed by atoms with Crippen molar-refractivity contribution < 1.29 is 9.53 Å². The van der Waals surface area contributed by atoms with Crippen molar-refractivity contribution in [2.45, 2.75) is 43.1 Å². The number of carbonyl (C=O) groups is 1. The molecular formula is C11H22O2S2Si. The summed E-state index contributed by atoms with van der Waals surface area (Å²) in [6.07, 6.45) is 1.86. The lowest BCUT2D eigenvalue weighted by Crippen LogP contribution is -2.50. The van der Waals surface area contributed by atoms with E-state index >= 15 is 0 Å².